The molecule has 0 aliphatic carbocycles. The molecule has 2 heterocycles. The van der Waals surface area contributed by atoms with Crippen molar-refractivity contribution >= 4 is 23.2 Å². The lowest BCUT2D eigenvalue weighted by molar-refractivity contribution is 0.0931. The van der Waals surface area contributed by atoms with Crippen molar-refractivity contribution in [3.8, 4) is 6.07 Å². The number of nitrogens with one attached hydrogen (secondary N) is 2. The summed E-state index contributed by atoms with van der Waals surface area (Å²) in [5.74, 6) is -0.178. The van der Waals surface area contributed by atoms with Crippen molar-refractivity contribution in [2.45, 2.75) is 25.4 Å². The molecule has 0 saturated carbocycles. The Hall–Kier alpha value is -2.52. The van der Waals surface area contributed by atoms with Crippen molar-refractivity contribution in [1.82, 2.24) is 15.3 Å². The lowest BCUT2D eigenvalue weighted by atomic mass is 10.1. The first-order valence-electron chi connectivity index (χ1n) is 7.36. The third-order valence-corrected chi connectivity index (χ3v) is 4.52. The Morgan fingerprint density at radius 1 is 1.57 bits per heavy atom. The molecule has 1 amide bonds. The third-order valence-electron chi connectivity index (χ3n) is 4.21. The number of rotatable bonds is 3. The standard InChI is InChI=1S/C16H16ClN5O/c1-10-14(21-16(23)15-8-19-9-20-15)4-5-22(10)12-3-2-11(7-18)13(17)6-12/h2-3,6,8-10,14H,4-5H2,1H3,(H,19,20)(H,21,23)/t10-,14-/m0/s1. The Kier molecular flexibility index (Phi) is 4.22. The van der Waals surface area contributed by atoms with Gasteiger partial charge in [-0.3, -0.25) is 4.79 Å². The summed E-state index contributed by atoms with van der Waals surface area (Å²) in [4.78, 5) is 21.0. The Morgan fingerprint density at radius 3 is 3.04 bits per heavy atom. The van der Waals surface area contributed by atoms with E-state index in [-0.39, 0.29) is 18.0 Å². The molecule has 7 heteroatoms. The lowest BCUT2D eigenvalue weighted by Gasteiger charge is -2.27. The van der Waals surface area contributed by atoms with E-state index in [0.29, 0.717) is 16.3 Å². The number of anilines is 1. The van der Waals surface area contributed by atoms with E-state index in [2.05, 4.69) is 33.2 Å². The summed E-state index contributed by atoms with van der Waals surface area (Å²) in [6.07, 6.45) is 3.90. The topological polar surface area (TPSA) is 84.8 Å². The molecule has 1 aliphatic heterocycles. The number of nitriles is 1. The molecule has 118 valence electrons. The molecule has 1 aliphatic rings. The van der Waals surface area contributed by atoms with Crippen LogP contribution in [-0.4, -0.2) is 34.5 Å². The zero-order valence-corrected chi connectivity index (χ0v) is 13.3. The summed E-state index contributed by atoms with van der Waals surface area (Å²) in [5.41, 5.74) is 1.81. The van der Waals surface area contributed by atoms with Gasteiger partial charge in [-0.15, -0.1) is 0 Å². The average molecular weight is 330 g/mol. The van der Waals surface area contributed by atoms with E-state index in [0.717, 1.165) is 18.7 Å². The van der Waals surface area contributed by atoms with E-state index < -0.39 is 0 Å². The van der Waals surface area contributed by atoms with Gasteiger partial charge in [0.05, 0.1) is 23.0 Å². The van der Waals surface area contributed by atoms with Gasteiger partial charge in [0, 0.05) is 24.5 Å². The minimum atomic E-state index is -0.178. The number of hydrogen-bond donors (Lipinski definition) is 2. The van der Waals surface area contributed by atoms with Gasteiger partial charge < -0.3 is 15.2 Å². The summed E-state index contributed by atoms with van der Waals surface area (Å²) in [5, 5.41) is 12.4. The van der Waals surface area contributed by atoms with Gasteiger partial charge in [-0.25, -0.2) is 4.98 Å². The van der Waals surface area contributed by atoms with Crippen molar-refractivity contribution in [1.29, 1.82) is 5.26 Å². The van der Waals surface area contributed by atoms with Gasteiger partial charge in [-0.2, -0.15) is 5.26 Å². The minimum Gasteiger partial charge on any atom is -0.367 e. The molecule has 2 atom stereocenters. The molecule has 2 N–H and O–H groups in total. The van der Waals surface area contributed by atoms with Crippen molar-refractivity contribution in [2.24, 2.45) is 0 Å². The molecule has 6 nitrogen and oxygen atoms in total. The van der Waals surface area contributed by atoms with Gasteiger partial charge in [-0.1, -0.05) is 11.6 Å². The number of H-pyrrole nitrogens is 1. The number of amides is 1. The molecule has 0 spiro atoms. The maximum atomic E-state index is 12.1. The summed E-state index contributed by atoms with van der Waals surface area (Å²) in [6, 6.07) is 7.63. The Labute approximate surface area is 139 Å². The first kappa shape index (κ1) is 15.4. The molecule has 2 aromatic rings. The summed E-state index contributed by atoms with van der Waals surface area (Å²) in [6.45, 7) is 2.88. The molecule has 3 rings (SSSR count). The van der Waals surface area contributed by atoms with E-state index in [1.807, 2.05) is 6.07 Å². The second-order valence-corrected chi connectivity index (χ2v) is 5.94. The van der Waals surface area contributed by atoms with E-state index >= 15 is 0 Å². The van der Waals surface area contributed by atoms with E-state index in [1.165, 1.54) is 6.33 Å². The molecule has 0 bridgehead atoms. The van der Waals surface area contributed by atoms with E-state index in [4.69, 9.17) is 16.9 Å². The van der Waals surface area contributed by atoms with E-state index in [1.54, 1.807) is 18.3 Å². The maximum absolute atomic E-state index is 12.1. The number of halogens is 1. The monoisotopic (exact) mass is 329 g/mol. The fourth-order valence-electron chi connectivity index (χ4n) is 2.90. The number of aromatic nitrogens is 2. The van der Waals surface area contributed by atoms with Crippen LogP contribution in [0.4, 0.5) is 5.69 Å². The number of imidazole rings is 1. The number of benzene rings is 1. The van der Waals surface area contributed by atoms with Crippen LogP contribution >= 0.6 is 11.6 Å². The molecule has 23 heavy (non-hydrogen) atoms. The van der Waals surface area contributed by atoms with E-state index in [9.17, 15) is 4.79 Å². The highest BCUT2D eigenvalue weighted by Crippen LogP contribution is 2.29. The fourth-order valence-corrected chi connectivity index (χ4v) is 3.11. The van der Waals surface area contributed by atoms with Crippen LogP contribution in [0.1, 0.15) is 29.4 Å². The number of carbonyl (C=O) groups is 1. The third kappa shape index (κ3) is 3.01. The molecule has 1 fully saturated rings. The second kappa shape index (κ2) is 6.31. The van der Waals surface area contributed by atoms with Crippen LogP contribution in [0.3, 0.4) is 0 Å². The highest BCUT2D eigenvalue weighted by molar-refractivity contribution is 6.32. The predicted octanol–water partition coefficient (Wildman–Crippen LogP) is 2.33. The Bertz CT molecular complexity index is 752. The Morgan fingerprint density at radius 2 is 2.39 bits per heavy atom. The highest BCUT2D eigenvalue weighted by Gasteiger charge is 2.32. The predicted molar refractivity (Wildman–Crippen MR) is 87.4 cm³/mol. The smallest absolute Gasteiger partial charge is 0.271 e. The van der Waals surface area contributed by atoms with Gasteiger partial charge in [0.25, 0.3) is 5.91 Å². The van der Waals surface area contributed by atoms with Crippen LogP contribution < -0.4 is 10.2 Å². The Balaban J connectivity index is 1.71. The average Bonchev–Trinajstić information content (AvgIpc) is 3.18. The number of aromatic amines is 1. The fraction of sp³-hybridized carbons (Fsp3) is 0.312. The van der Waals surface area contributed by atoms with Gasteiger partial charge in [-0.05, 0) is 31.5 Å². The second-order valence-electron chi connectivity index (χ2n) is 5.53. The molecule has 1 aromatic carbocycles. The molecule has 1 aromatic heterocycles. The van der Waals surface area contributed by atoms with Crippen LogP contribution in [0.25, 0.3) is 0 Å². The summed E-state index contributed by atoms with van der Waals surface area (Å²) < 4.78 is 0. The lowest BCUT2D eigenvalue weighted by Crippen LogP contribution is -2.43. The van der Waals surface area contributed by atoms with Crippen LogP contribution in [0.2, 0.25) is 5.02 Å². The van der Waals surface area contributed by atoms with Crippen LogP contribution in [0.15, 0.2) is 30.7 Å². The number of hydrogen-bond acceptors (Lipinski definition) is 4. The number of nitrogens with zero attached hydrogens (tertiary/aromatic N) is 3. The van der Waals surface area contributed by atoms with Crippen LogP contribution in [0.5, 0.6) is 0 Å². The first-order valence-corrected chi connectivity index (χ1v) is 7.74. The van der Waals surface area contributed by atoms with Crippen LogP contribution in [-0.2, 0) is 0 Å². The molecule has 0 radical (unpaired) electrons. The largest absolute Gasteiger partial charge is 0.367 e. The highest BCUT2D eigenvalue weighted by atomic mass is 35.5. The molecule has 1 saturated heterocycles. The number of carbonyl (C=O) groups excluding carboxylic acids is 1. The van der Waals surface area contributed by atoms with Gasteiger partial charge in [0.15, 0.2) is 0 Å². The summed E-state index contributed by atoms with van der Waals surface area (Å²) >= 11 is 6.11. The van der Waals surface area contributed by atoms with Gasteiger partial charge in [0.2, 0.25) is 0 Å². The van der Waals surface area contributed by atoms with Gasteiger partial charge >= 0.3 is 0 Å². The van der Waals surface area contributed by atoms with Crippen molar-refractivity contribution < 1.29 is 4.79 Å². The maximum Gasteiger partial charge on any atom is 0.271 e. The normalized spacial score (nSPS) is 20.3. The SMILES string of the molecule is C[C@H]1[C@@H](NC(=O)c2c[nH]cn2)CCN1c1ccc(C#N)c(Cl)c1. The molecule has 0 unspecified atom stereocenters. The van der Waals surface area contributed by atoms with Gasteiger partial charge in [0.1, 0.15) is 11.8 Å². The van der Waals surface area contributed by atoms with Crippen molar-refractivity contribution in [2.75, 3.05) is 11.4 Å². The first-order chi connectivity index (χ1) is 11.1. The molecular weight excluding hydrogens is 314 g/mol. The van der Waals surface area contributed by atoms with Crippen LogP contribution in [0, 0.1) is 11.3 Å². The quantitative estimate of drug-likeness (QED) is 0.905. The minimum absolute atomic E-state index is 0.0358. The summed E-state index contributed by atoms with van der Waals surface area (Å²) in [7, 11) is 0. The van der Waals surface area contributed by atoms with Crippen molar-refractivity contribution in [3.63, 3.8) is 0 Å². The zero-order valence-electron chi connectivity index (χ0n) is 12.6. The zero-order chi connectivity index (χ0) is 16.4. The molecular formula is C16H16ClN5O. The van der Waals surface area contributed by atoms with Crippen molar-refractivity contribution in [3.05, 3.63) is 47.0 Å².